The number of furan rings is 1. The summed E-state index contributed by atoms with van der Waals surface area (Å²) in [6.45, 7) is 2.49. The molecule has 0 amide bonds. The molecule has 1 saturated carbocycles. The van der Waals surface area contributed by atoms with E-state index in [9.17, 15) is 9.90 Å². The average Bonchev–Trinajstić information content (AvgIpc) is 2.85. The Hall–Kier alpha value is -1.81. The molecule has 1 N–H and O–H groups in total. The Morgan fingerprint density at radius 1 is 1.29 bits per heavy atom. The fraction of sp³-hybridized carbons (Fsp3) is 0.471. The number of carboxylic acid groups (broad SMARTS) is 1. The number of hydrogen-bond donors (Lipinski definition) is 1. The number of carbonyl (C=O) groups is 1. The minimum Gasteiger partial charge on any atom is -0.478 e. The van der Waals surface area contributed by atoms with E-state index in [1.807, 2.05) is 12.1 Å². The van der Waals surface area contributed by atoms with Gasteiger partial charge >= 0.3 is 5.97 Å². The predicted octanol–water partition coefficient (Wildman–Crippen LogP) is 4.23. The van der Waals surface area contributed by atoms with E-state index in [-0.39, 0.29) is 18.3 Å². The third-order valence-corrected chi connectivity index (χ3v) is 4.30. The van der Waals surface area contributed by atoms with Gasteiger partial charge in [-0.3, -0.25) is 0 Å². The van der Waals surface area contributed by atoms with Crippen molar-refractivity contribution in [2.24, 2.45) is 5.92 Å². The van der Waals surface area contributed by atoms with Crippen molar-refractivity contribution in [1.82, 2.24) is 0 Å². The zero-order valence-corrected chi connectivity index (χ0v) is 12.2. The van der Waals surface area contributed by atoms with Crippen LogP contribution in [0.4, 0.5) is 0 Å². The van der Waals surface area contributed by atoms with Crippen LogP contribution in [-0.4, -0.2) is 17.2 Å². The highest BCUT2D eigenvalue weighted by Crippen LogP contribution is 2.29. The van der Waals surface area contributed by atoms with Crippen LogP contribution in [-0.2, 0) is 11.3 Å². The van der Waals surface area contributed by atoms with Crippen molar-refractivity contribution < 1.29 is 19.1 Å². The third-order valence-electron chi connectivity index (χ3n) is 4.30. The van der Waals surface area contributed by atoms with Crippen molar-refractivity contribution in [2.45, 2.75) is 45.3 Å². The molecule has 1 aromatic carbocycles. The van der Waals surface area contributed by atoms with E-state index in [0.717, 1.165) is 18.8 Å². The molecule has 1 aliphatic carbocycles. The standard InChI is InChI=1S/C17H20O4/c1-11-6-8-12(9-7-11)20-10-15-16(17(18)19)13-4-2-3-5-14(13)21-15/h2-5,11-12H,6-10H2,1H3,(H,18,19). The Morgan fingerprint density at radius 3 is 2.71 bits per heavy atom. The van der Waals surface area contributed by atoms with Crippen molar-refractivity contribution >= 4 is 16.9 Å². The second-order valence-corrected chi connectivity index (χ2v) is 5.89. The molecule has 0 saturated heterocycles. The molecular formula is C17H20O4. The first-order valence-corrected chi connectivity index (χ1v) is 7.50. The molecule has 1 aromatic heterocycles. The molecule has 0 aliphatic heterocycles. The zero-order valence-electron chi connectivity index (χ0n) is 12.2. The summed E-state index contributed by atoms with van der Waals surface area (Å²) in [6, 6.07) is 7.21. The van der Waals surface area contributed by atoms with Gasteiger partial charge in [-0.2, -0.15) is 0 Å². The second-order valence-electron chi connectivity index (χ2n) is 5.89. The molecule has 0 bridgehead atoms. The maximum atomic E-state index is 11.5. The molecule has 112 valence electrons. The summed E-state index contributed by atoms with van der Waals surface area (Å²) in [5, 5.41) is 10.0. The first-order valence-electron chi connectivity index (χ1n) is 7.50. The molecule has 1 fully saturated rings. The number of fused-ring (bicyclic) bond motifs is 1. The lowest BCUT2D eigenvalue weighted by Crippen LogP contribution is -2.20. The minimum atomic E-state index is -0.962. The normalized spacial score (nSPS) is 22.5. The van der Waals surface area contributed by atoms with E-state index < -0.39 is 5.97 Å². The van der Waals surface area contributed by atoms with Gasteiger partial charge in [-0.1, -0.05) is 25.1 Å². The topological polar surface area (TPSA) is 59.7 Å². The van der Waals surface area contributed by atoms with Gasteiger partial charge in [0, 0.05) is 5.39 Å². The van der Waals surface area contributed by atoms with Gasteiger partial charge in [-0.05, 0) is 37.7 Å². The zero-order chi connectivity index (χ0) is 14.8. The van der Waals surface area contributed by atoms with Crippen LogP contribution in [0.5, 0.6) is 0 Å². The Morgan fingerprint density at radius 2 is 2.00 bits per heavy atom. The molecule has 4 heteroatoms. The monoisotopic (exact) mass is 288 g/mol. The molecule has 21 heavy (non-hydrogen) atoms. The van der Waals surface area contributed by atoms with Gasteiger partial charge in [0.1, 0.15) is 23.5 Å². The molecule has 0 atom stereocenters. The van der Waals surface area contributed by atoms with Crippen molar-refractivity contribution in [1.29, 1.82) is 0 Å². The number of carboxylic acids is 1. The van der Waals surface area contributed by atoms with Crippen LogP contribution in [0.25, 0.3) is 11.0 Å². The second kappa shape index (κ2) is 5.90. The fourth-order valence-electron chi connectivity index (χ4n) is 3.02. The largest absolute Gasteiger partial charge is 0.478 e. The first-order chi connectivity index (χ1) is 10.1. The van der Waals surface area contributed by atoms with Crippen molar-refractivity contribution in [3.8, 4) is 0 Å². The number of aromatic carboxylic acids is 1. The number of rotatable bonds is 4. The lowest BCUT2D eigenvalue weighted by atomic mass is 9.89. The molecular weight excluding hydrogens is 268 g/mol. The van der Waals surface area contributed by atoms with Crippen molar-refractivity contribution in [3.63, 3.8) is 0 Å². The lowest BCUT2D eigenvalue weighted by molar-refractivity contribution is 0.00114. The summed E-state index contributed by atoms with van der Waals surface area (Å²) in [6.07, 6.45) is 4.66. The molecule has 2 aromatic rings. The van der Waals surface area contributed by atoms with Gasteiger partial charge in [-0.15, -0.1) is 0 Å². The molecule has 3 rings (SSSR count). The lowest BCUT2D eigenvalue weighted by Gasteiger charge is -2.25. The minimum absolute atomic E-state index is 0.219. The van der Waals surface area contributed by atoms with Gasteiger partial charge in [0.15, 0.2) is 0 Å². The van der Waals surface area contributed by atoms with E-state index in [0.29, 0.717) is 16.7 Å². The highest BCUT2D eigenvalue weighted by Gasteiger charge is 2.23. The van der Waals surface area contributed by atoms with E-state index in [1.54, 1.807) is 12.1 Å². The molecule has 1 aliphatic rings. The van der Waals surface area contributed by atoms with Gasteiger partial charge in [0.05, 0.1) is 6.10 Å². The summed E-state index contributed by atoms with van der Waals surface area (Å²) in [7, 11) is 0. The van der Waals surface area contributed by atoms with Crippen LogP contribution in [0.2, 0.25) is 0 Å². The number of ether oxygens (including phenoxy) is 1. The van der Waals surface area contributed by atoms with E-state index >= 15 is 0 Å². The Bertz CT molecular complexity index is 635. The number of benzene rings is 1. The van der Waals surface area contributed by atoms with Crippen LogP contribution in [0.1, 0.15) is 48.7 Å². The van der Waals surface area contributed by atoms with E-state index in [2.05, 4.69) is 6.92 Å². The van der Waals surface area contributed by atoms with Crippen LogP contribution < -0.4 is 0 Å². The molecule has 0 unspecified atom stereocenters. The van der Waals surface area contributed by atoms with Gasteiger partial charge < -0.3 is 14.3 Å². The summed E-state index contributed by atoms with van der Waals surface area (Å²) in [4.78, 5) is 11.5. The predicted molar refractivity (Wildman–Crippen MR) is 79.4 cm³/mol. The van der Waals surface area contributed by atoms with Crippen LogP contribution in [0.15, 0.2) is 28.7 Å². The smallest absolute Gasteiger partial charge is 0.340 e. The maximum absolute atomic E-state index is 11.5. The highest BCUT2D eigenvalue weighted by molar-refractivity contribution is 6.03. The van der Waals surface area contributed by atoms with Crippen molar-refractivity contribution in [2.75, 3.05) is 0 Å². The summed E-state index contributed by atoms with van der Waals surface area (Å²) in [5.41, 5.74) is 0.834. The maximum Gasteiger partial charge on any atom is 0.340 e. The molecule has 4 nitrogen and oxygen atoms in total. The van der Waals surface area contributed by atoms with Crippen LogP contribution in [0, 0.1) is 5.92 Å². The van der Waals surface area contributed by atoms with Gasteiger partial charge in [0.25, 0.3) is 0 Å². The average molecular weight is 288 g/mol. The van der Waals surface area contributed by atoms with E-state index in [4.69, 9.17) is 9.15 Å². The SMILES string of the molecule is CC1CCC(OCc2oc3ccccc3c2C(=O)O)CC1. The van der Waals surface area contributed by atoms with Crippen LogP contribution >= 0.6 is 0 Å². The van der Waals surface area contributed by atoms with Crippen molar-refractivity contribution in [3.05, 3.63) is 35.6 Å². The van der Waals surface area contributed by atoms with Crippen LogP contribution in [0.3, 0.4) is 0 Å². The fourth-order valence-corrected chi connectivity index (χ4v) is 3.02. The summed E-state index contributed by atoms with van der Waals surface area (Å²) >= 11 is 0. The van der Waals surface area contributed by atoms with E-state index in [1.165, 1.54) is 12.8 Å². The Kier molecular flexibility index (Phi) is 3.97. The highest BCUT2D eigenvalue weighted by atomic mass is 16.5. The quantitative estimate of drug-likeness (QED) is 0.914. The first kappa shape index (κ1) is 14.1. The Balaban J connectivity index is 1.77. The molecule has 0 radical (unpaired) electrons. The third kappa shape index (κ3) is 2.95. The molecule has 0 spiro atoms. The summed E-state index contributed by atoms with van der Waals surface area (Å²) in [5.74, 6) is 0.226. The number of para-hydroxylation sites is 1. The molecule has 1 heterocycles. The number of hydrogen-bond acceptors (Lipinski definition) is 3. The van der Waals surface area contributed by atoms with Gasteiger partial charge in [-0.25, -0.2) is 4.79 Å². The Labute approximate surface area is 123 Å². The van der Waals surface area contributed by atoms with Gasteiger partial charge in [0.2, 0.25) is 0 Å². The summed E-state index contributed by atoms with van der Waals surface area (Å²) < 4.78 is 11.5.